The molecule has 1 aliphatic heterocycles. The van der Waals surface area contributed by atoms with Gasteiger partial charge in [-0.15, -0.1) is 0 Å². The topological polar surface area (TPSA) is 98.7 Å². The highest BCUT2D eigenvalue weighted by molar-refractivity contribution is 14.1. The zero-order valence-corrected chi connectivity index (χ0v) is 25.1. The number of aldehydes is 1. The largest absolute Gasteiger partial charge is 0.446 e. The van der Waals surface area contributed by atoms with Crippen LogP contribution in [0.2, 0.25) is 0 Å². The number of halogens is 6. The third-order valence-electron chi connectivity index (χ3n) is 6.40. The number of rotatable bonds is 12. The summed E-state index contributed by atoms with van der Waals surface area (Å²) in [5.41, 5.74) is 1.40. The van der Waals surface area contributed by atoms with Crippen LogP contribution in [-0.2, 0) is 27.3 Å². The van der Waals surface area contributed by atoms with Crippen LogP contribution in [0.5, 0.6) is 0 Å². The molecule has 7 nitrogen and oxygen atoms in total. The maximum atomic E-state index is 13.7. The summed E-state index contributed by atoms with van der Waals surface area (Å²) in [7, 11) is 0. The molecule has 0 saturated carbocycles. The van der Waals surface area contributed by atoms with Crippen molar-refractivity contribution in [2.24, 2.45) is 0 Å². The fraction of sp³-hybridized carbons (Fsp3) is 0.483. The minimum atomic E-state index is -4.64. The predicted octanol–water partition coefficient (Wildman–Crippen LogP) is 4.68. The van der Waals surface area contributed by atoms with Gasteiger partial charge in [-0.05, 0) is 90.1 Å². The van der Waals surface area contributed by atoms with Gasteiger partial charge in [-0.3, -0.25) is 14.4 Å². The summed E-state index contributed by atoms with van der Waals surface area (Å²) in [6.45, 7) is 2.26. The zero-order chi connectivity index (χ0) is 31.1. The van der Waals surface area contributed by atoms with E-state index in [4.69, 9.17) is 4.79 Å². The Balaban J connectivity index is 0.000000928. The first-order valence-corrected chi connectivity index (χ1v) is 14.6. The summed E-state index contributed by atoms with van der Waals surface area (Å²) in [5, 5.41) is 16.8. The van der Waals surface area contributed by atoms with Crippen molar-refractivity contribution in [3.8, 4) is 0 Å². The molecule has 2 aromatic carbocycles. The first-order valence-electron chi connectivity index (χ1n) is 13.5. The van der Waals surface area contributed by atoms with Gasteiger partial charge in [-0.2, -0.15) is 13.2 Å². The number of nitrogens with one attached hydrogen (secondary N) is 2. The van der Waals surface area contributed by atoms with Crippen molar-refractivity contribution >= 4 is 40.7 Å². The van der Waals surface area contributed by atoms with Crippen molar-refractivity contribution in [1.82, 2.24) is 15.5 Å². The molecule has 2 aromatic rings. The fourth-order valence-electron chi connectivity index (χ4n) is 4.40. The third kappa shape index (κ3) is 14.5. The molecule has 1 saturated heterocycles. The minimum absolute atomic E-state index is 0.0640. The van der Waals surface area contributed by atoms with Gasteiger partial charge in [-0.25, -0.2) is 8.78 Å². The Labute approximate surface area is 255 Å². The van der Waals surface area contributed by atoms with Crippen molar-refractivity contribution in [2.45, 2.75) is 69.8 Å². The lowest BCUT2D eigenvalue weighted by molar-refractivity contribution is -0.156. The number of nitrogens with zero attached hydrogens (tertiary/aromatic N) is 1. The van der Waals surface area contributed by atoms with Crippen LogP contribution in [0.15, 0.2) is 42.5 Å². The highest BCUT2D eigenvalue weighted by atomic mass is 127. The number of likely N-dealkylation sites (tertiary alicyclic amines) is 1. The van der Waals surface area contributed by atoms with Gasteiger partial charge >= 0.3 is 6.18 Å². The van der Waals surface area contributed by atoms with Crippen molar-refractivity contribution < 1.29 is 41.4 Å². The Morgan fingerprint density at radius 2 is 1.64 bits per heavy atom. The molecule has 0 unspecified atom stereocenters. The maximum Gasteiger partial charge on any atom is 0.446 e. The number of carbonyl (C=O) groups excluding carboxylic acids is 3. The van der Waals surface area contributed by atoms with Gasteiger partial charge < -0.3 is 20.6 Å². The number of piperidine rings is 1. The Morgan fingerprint density at radius 3 is 2.24 bits per heavy atom. The number of alkyl halides is 3. The van der Waals surface area contributed by atoms with Gasteiger partial charge in [0.25, 0.3) is 0 Å². The monoisotopic (exact) mass is 711 g/mol. The lowest BCUT2D eigenvalue weighted by atomic mass is 10.00. The van der Waals surface area contributed by atoms with E-state index < -0.39 is 36.2 Å². The van der Waals surface area contributed by atoms with E-state index in [0.29, 0.717) is 24.9 Å². The number of hydrogen-bond donors (Lipinski definition) is 3. The van der Waals surface area contributed by atoms with Crippen LogP contribution >= 0.6 is 22.6 Å². The number of hydrogen-bond acceptors (Lipinski definition) is 5. The fourth-order valence-corrected chi connectivity index (χ4v) is 5.01. The first kappa shape index (κ1) is 35.5. The number of aliphatic hydroxyl groups is 1. The van der Waals surface area contributed by atoms with Crippen LogP contribution < -0.4 is 10.6 Å². The van der Waals surface area contributed by atoms with Gasteiger partial charge in [0, 0.05) is 48.7 Å². The van der Waals surface area contributed by atoms with Crippen LogP contribution in [0.25, 0.3) is 0 Å². The van der Waals surface area contributed by atoms with Gasteiger partial charge in [0.15, 0.2) is 0 Å². The summed E-state index contributed by atoms with van der Waals surface area (Å²) in [4.78, 5) is 35.6. The molecule has 0 radical (unpaired) electrons. The van der Waals surface area contributed by atoms with E-state index in [9.17, 15) is 36.6 Å². The molecule has 232 valence electrons. The Bertz CT molecular complexity index is 1140. The summed E-state index contributed by atoms with van der Waals surface area (Å²) >= 11 is 2.23. The molecule has 1 aliphatic rings. The van der Waals surface area contributed by atoms with Crippen molar-refractivity contribution in [2.75, 3.05) is 19.6 Å². The first-order chi connectivity index (χ1) is 19.9. The molecule has 0 aliphatic carbocycles. The molecule has 1 fully saturated rings. The number of amides is 2. The Kier molecular flexibility index (Phi) is 15.3. The summed E-state index contributed by atoms with van der Waals surface area (Å²) in [6, 6.07) is 10.4. The van der Waals surface area contributed by atoms with Crippen LogP contribution in [0, 0.1) is 15.2 Å². The van der Waals surface area contributed by atoms with Gasteiger partial charge in [-0.1, -0.05) is 12.1 Å². The molecule has 0 aromatic heterocycles. The summed E-state index contributed by atoms with van der Waals surface area (Å²) in [6.07, 6.45) is -2.60. The second kappa shape index (κ2) is 18.1. The van der Waals surface area contributed by atoms with Gasteiger partial charge in [0.2, 0.25) is 18.1 Å². The lowest BCUT2D eigenvalue weighted by Crippen LogP contribution is -2.48. The Hall–Kier alpha value is -2.65. The third-order valence-corrected chi connectivity index (χ3v) is 7.07. The van der Waals surface area contributed by atoms with Crippen LogP contribution in [0.1, 0.15) is 49.7 Å². The van der Waals surface area contributed by atoms with Crippen molar-refractivity contribution in [3.63, 3.8) is 0 Å². The molecule has 2 amide bonds. The standard InChI is InChI=1S/C27H34F2IN3O3.C2HF3O/c28-21-12-20(13-22(29)16-21)15-24(25(34)18-31-17-19-6-4-7-23(30)14-19)32-26(35)8-5-9-27(36)33-10-2-1-3-11-33;3-2(4,5)1-6/h4,6-7,12-14,16,24-25,31,34H,1-3,5,8-11,15,17-18H2,(H,32,35);1H/t24-,25+;/m0./s1. The number of aliphatic hydroxyl groups excluding tert-OH is 1. The lowest BCUT2D eigenvalue weighted by Gasteiger charge is -2.27. The molecule has 0 spiro atoms. The van der Waals surface area contributed by atoms with E-state index in [0.717, 1.165) is 47.6 Å². The molecule has 13 heteroatoms. The minimum Gasteiger partial charge on any atom is -0.390 e. The summed E-state index contributed by atoms with van der Waals surface area (Å²) < 4.78 is 59.8. The van der Waals surface area contributed by atoms with E-state index in [1.54, 1.807) is 0 Å². The van der Waals surface area contributed by atoms with E-state index in [2.05, 4.69) is 33.2 Å². The molecular formula is C29H35F5IN3O4. The molecule has 3 rings (SSSR count). The van der Waals surface area contributed by atoms with Gasteiger partial charge in [0.1, 0.15) is 11.6 Å². The molecule has 1 heterocycles. The number of carbonyl (C=O) groups is 3. The summed E-state index contributed by atoms with van der Waals surface area (Å²) in [5.74, 6) is -1.66. The smallest absolute Gasteiger partial charge is 0.390 e. The average Bonchev–Trinajstić information content (AvgIpc) is 2.92. The SMILES string of the molecule is O=C(CCCC(=O)N1CCCCC1)N[C@@H](Cc1cc(F)cc(F)c1)[C@H](O)CNCc1cccc(I)c1.O=CC(F)(F)F. The highest BCUT2D eigenvalue weighted by Crippen LogP contribution is 2.14. The molecule has 0 bridgehead atoms. The molecular weight excluding hydrogens is 676 g/mol. The maximum absolute atomic E-state index is 13.7. The highest BCUT2D eigenvalue weighted by Gasteiger charge is 2.25. The van der Waals surface area contributed by atoms with Crippen LogP contribution in [0.3, 0.4) is 0 Å². The van der Waals surface area contributed by atoms with E-state index in [-0.39, 0.29) is 31.2 Å². The normalized spacial score (nSPS) is 14.8. The van der Waals surface area contributed by atoms with E-state index >= 15 is 0 Å². The van der Waals surface area contributed by atoms with E-state index in [1.165, 1.54) is 12.1 Å². The predicted molar refractivity (Wildman–Crippen MR) is 155 cm³/mol. The second-order valence-electron chi connectivity index (χ2n) is 9.94. The molecule has 42 heavy (non-hydrogen) atoms. The van der Waals surface area contributed by atoms with Crippen LogP contribution in [-0.4, -0.2) is 66.1 Å². The molecule has 3 N–H and O–H groups in total. The molecule has 2 atom stereocenters. The second-order valence-corrected chi connectivity index (χ2v) is 11.2. The van der Waals surface area contributed by atoms with E-state index in [1.807, 2.05) is 29.2 Å². The van der Waals surface area contributed by atoms with Crippen molar-refractivity contribution in [3.05, 3.63) is 68.8 Å². The Morgan fingerprint density at radius 1 is 1.00 bits per heavy atom. The zero-order valence-electron chi connectivity index (χ0n) is 22.9. The quantitative estimate of drug-likeness (QED) is 0.169. The average molecular weight is 712 g/mol. The number of benzene rings is 2. The van der Waals surface area contributed by atoms with Gasteiger partial charge in [0.05, 0.1) is 12.1 Å². The van der Waals surface area contributed by atoms with Crippen LogP contribution in [0.4, 0.5) is 22.0 Å². The van der Waals surface area contributed by atoms with Crippen molar-refractivity contribution in [1.29, 1.82) is 0 Å².